The van der Waals surface area contributed by atoms with Crippen LogP contribution < -0.4 is 5.32 Å². The highest BCUT2D eigenvalue weighted by atomic mass is 32.2. The number of thioether (sulfide) groups is 1. The van der Waals surface area contributed by atoms with Gasteiger partial charge in [-0.25, -0.2) is 4.68 Å². The van der Waals surface area contributed by atoms with Crippen LogP contribution in [-0.4, -0.2) is 44.8 Å². The Kier molecular flexibility index (Phi) is 5.60. The molecule has 1 aromatic heterocycles. The summed E-state index contributed by atoms with van der Waals surface area (Å²) in [7, 11) is 0. The topological polar surface area (TPSA) is 84.2 Å². The summed E-state index contributed by atoms with van der Waals surface area (Å²) in [5.74, 6) is -0.447. The average molecular weight is 319 g/mol. The molecular weight excluding hydrogens is 302 g/mol. The lowest BCUT2D eigenvalue weighted by molar-refractivity contribution is -0.133. The summed E-state index contributed by atoms with van der Waals surface area (Å²) in [4.78, 5) is 22.5. The smallest absolute Gasteiger partial charge is 0.313 e. The van der Waals surface area contributed by atoms with E-state index in [9.17, 15) is 9.59 Å². The molecule has 1 heterocycles. The number of benzene rings is 1. The number of rotatable bonds is 7. The zero-order valence-corrected chi connectivity index (χ0v) is 13.0. The second kappa shape index (κ2) is 7.65. The van der Waals surface area contributed by atoms with Gasteiger partial charge in [-0.3, -0.25) is 9.59 Å². The number of carboxylic acids is 1. The van der Waals surface area contributed by atoms with Crippen LogP contribution in [0.1, 0.15) is 16.1 Å². The molecule has 2 aromatic rings. The van der Waals surface area contributed by atoms with Gasteiger partial charge in [0.25, 0.3) is 5.91 Å². The Bertz CT molecular complexity index is 655. The molecular formula is C15H17N3O3S. The highest BCUT2D eigenvalue weighted by Gasteiger charge is 2.13. The van der Waals surface area contributed by atoms with Crippen LogP contribution in [0.5, 0.6) is 0 Å². The van der Waals surface area contributed by atoms with E-state index in [1.807, 2.05) is 30.3 Å². The number of amides is 1. The maximum Gasteiger partial charge on any atom is 0.313 e. The molecule has 7 heteroatoms. The lowest BCUT2D eigenvalue weighted by Gasteiger charge is -2.03. The quantitative estimate of drug-likeness (QED) is 0.759. The van der Waals surface area contributed by atoms with Crippen molar-refractivity contribution < 1.29 is 14.7 Å². The number of nitrogens with one attached hydrogen (secondary N) is 1. The van der Waals surface area contributed by atoms with Crippen LogP contribution in [0, 0.1) is 6.92 Å². The van der Waals surface area contributed by atoms with Crippen molar-refractivity contribution in [2.75, 3.05) is 18.1 Å². The number of aliphatic carboxylic acids is 1. The molecule has 0 aliphatic carbocycles. The molecule has 2 N–H and O–H groups in total. The van der Waals surface area contributed by atoms with Crippen molar-refractivity contribution in [1.82, 2.24) is 15.1 Å². The third kappa shape index (κ3) is 4.36. The lowest BCUT2D eigenvalue weighted by atomic mass is 10.2. The van der Waals surface area contributed by atoms with Crippen molar-refractivity contribution in [2.24, 2.45) is 0 Å². The first kappa shape index (κ1) is 16.1. The fourth-order valence-electron chi connectivity index (χ4n) is 1.89. The van der Waals surface area contributed by atoms with Gasteiger partial charge < -0.3 is 10.4 Å². The third-order valence-electron chi connectivity index (χ3n) is 2.92. The van der Waals surface area contributed by atoms with Gasteiger partial charge in [0.05, 0.1) is 22.7 Å². The molecule has 22 heavy (non-hydrogen) atoms. The van der Waals surface area contributed by atoms with E-state index in [0.717, 1.165) is 5.69 Å². The fourth-order valence-corrected chi connectivity index (χ4v) is 2.45. The molecule has 0 bridgehead atoms. The number of carbonyl (C=O) groups is 2. The van der Waals surface area contributed by atoms with Crippen molar-refractivity contribution in [3.8, 4) is 5.69 Å². The first-order chi connectivity index (χ1) is 10.6. The molecule has 6 nitrogen and oxygen atoms in total. The molecule has 0 unspecified atom stereocenters. The molecule has 0 radical (unpaired) electrons. The predicted molar refractivity (Wildman–Crippen MR) is 85.6 cm³/mol. The number of aryl methyl sites for hydroxylation is 1. The van der Waals surface area contributed by atoms with E-state index >= 15 is 0 Å². The SMILES string of the molecule is Cc1nn(-c2ccccc2)cc1C(=O)NCCSCC(=O)O. The number of carbonyl (C=O) groups excluding carboxylic acids is 1. The number of para-hydroxylation sites is 1. The van der Waals surface area contributed by atoms with Gasteiger partial charge in [-0.1, -0.05) is 18.2 Å². The van der Waals surface area contributed by atoms with E-state index in [1.165, 1.54) is 11.8 Å². The molecule has 2 rings (SSSR count). The van der Waals surface area contributed by atoms with Crippen molar-refractivity contribution in [3.63, 3.8) is 0 Å². The molecule has 0 atom stereocenters. The largest absolute Gasteiger partial charge is 0.481 e. The summed E-state index contributed by atoms with van der Waals surface area (Å²) < 4.78 is 1.67. The van der Waals surface area contributed by atoms with Gasteiger partial charge in [0.15, 0.2) is 0 Å². The van der Waals surface area contributed by atoms with Gasteiger partial charge in [0, 0.05) is 18.5 Å². The highest BCUT2D eigenvalue weighted by Crippen LogP contribution is 2.11. The molecule has 0 fully saturated rings. The minimum atomic E-state index is -0.851. The fraction of sp³-hybridized carbons (Fsp3) is 0.267. The second-order valence-electron chi connectivity index (χ2n) is 4.61. The summed E-state index contributed by atoms with van der Waals surface area (Å²) in [6, 6.07) is 9.56. The van der Waals surface area contributed by atoms with E-state index < -0.39 is 5.97 Å². The van der Waals surface area contributed by atoms with Crippen LogP contribution in [0.3, 0.4) is 0 Å². The number of aromatic nitrogens is 2. The summed E-state index contributed by atoms with van der Waals surface area (Å²) in [6.07, 6.45) is 1.70. The maximum atomic E-state index is 12.1. The van der Waals surface area contributed by atoms with Crippen LogP contribution in [0.2, 0.25) is 0 Å². The van der Waals surface area contributed by atoms with Crippen LogP contribution in [0.4, 0.5) is 0 Å². The highest BCUT2D eigenvalue weighted by molar-refractivity contribution is 7.99. The van der Waals surface area contributed by atoms with Crippen molar-refractivity contribution >= 4 is 23.6 Å². The van der Waals surface area contributed by atoms with Crippen LogP contribution in [0.15, 0.2) is 36.5 Å². The Morgan fingerprint density at radius 2 is 2.05 bits per heavy atom. The first-order valence-electron chi connectivity index (χ1n) is 6.77. The normalized spacial score (nSPS) is 10.4. The second-order valence-corrected chi connectivity index (χ2v) is 5.72. The Hall–Kier alpha value is -2.28. The van der Waals surface area contributed by atoms with Gasteiger partial charge in [-0.05, 0) is 19.1 Å². The zero-order valence-electron chi connectivity index (χ0n) is 12.2. The van der Waals surface area contributed by atoms with E-state index in [0.29, 0.717) is 23.6 Å². The lowest BCUT2D eigenvalue weighted by Crippen LogP contribution is -2.26. The first-order valence-corrected chi connectivity index (χ1v) is 7.93. The molecule has 0 aliphatic rings. The monoisotopic (exact) mass is 319 g/mol. The Balaban J connectivity index is 1.93. The minimum Gasteiger partial charge on any atom is -0.481 e. The minimum absolute atomic E-state index is 0.0425. The molecule has 0 aliphatic heterocycles. The van der Waals surface area contributed by atoms with Crippen molar-refractivity contribution in [3.05, 3.63) is 47.8 Å². The molecule has 116 valence electrons. The zero-order chi connectivity index (χ0) is 15.9. The van der Waals surface area contributed by atoms with Crippen molar-refractivity contribution in [1.29, 1.82) is 0 Å². The summed E-state index contributed by atoms with van der Waals surface area (Å²) in [5, 5.41) is 15.6. The van der Waals surface area contributed by atoms with Crippen molar-refractivity contribution in [2.45, 2.75) is 6.92 Å². The van der Waals surface area contributed by atoms with Gasteiger partial charge in [0.1, 0.15) is 0 Å². The van der Waals surface area contributed by atoms with E-state index in [4.69, 9.17) is 5.11 Å². The van der Waals surface area contributed by atoms with Crippen LogP contribution in [-0.2, 0) is 4.79 Å². The molecule has 1 amide bonds. The molecule has 0 spiro atoms. The predicted octanol–water partition coefficient (Wildman–Crippen LogP) is 1.73. The summed E-state index contributed by atoms with van der Waals surface area (Å²) in [6.45, 7) is 2.21. The standard InChI is InChI=1S/C15H17N3O3S/c1-11-13(15(21)16-7-8-22-10-14(19)20)9-18(17-11)12-5-3-2-4-6-12/h2-6,9H,7-8,10H2,1H3,(H,16,21)(H,19,20). The van der Waals surface area contributed by atoms with E-state index in [-0.39, 0.29) is 11.7 Å². The Labute approximate surface area is 132 Å². The van der Waals surface area contributed by atoms with Gasteiger partial charge in [0.2, 0.25) is 0 Å². The van der Waals surface area contributed by atoms with E-state index in [1.54, 1.807) is 17.8 Å². The Morgan fingerprint density at radius 3 is 2.73 bits per heavy atom. The van der Waals surface area contributed by atoms with Crippen LogP contribution >= 0.6 is 11.8 Å². The third-order valence-corrected chi connectivity index (χ3v) is 3.87. The van der Waals surface area contributed by atoms with Crippen LogP contribution in [0.25, 0.3) is 5.69 Å². The van der Waals surface area contributed by atoms with Gasteiger partial charge in [-0.15, -0.1) is 11.8 Å². The number of nitrogens with zero attached hydrogens (tertiary/aromatic N) is 2. The molecule has 1 aromatic carbocycles. The summed E-state index contributed by atoms with van der Waals surface area (Å²) in [5.41, 5.74) is 2.06. The number of hydrogen-bond acceptors (Lipinski definition) is 4. The van der Waals surface area contributed by atoms with Gasteiger partial charge in [-0.2, -0.15) is 5.10 Å². The number of carboxylic acid groups (broad SMARTS) is 1. The Morgan fingerprint density at radius 1 is 1.32 bits per heavy atom. The average Bonchev–Trinajstić information content (AvgIpc) is 2.89. The maximum absolute atomic E-state index is 12.1. The summed E-state index contributed by atoms with van der Waals surface area (Å²) >= 11 is 1.27. The van der Waals surface area contributed by atoms with Gasteiger partial charge >= 0.3 is 5.97 Å². The molecule has 0 saturated heterocycles. The van der Waals surface area contributed by atoms with E-state index in [2.05, 4.69) is 10.4 Å². The number of hydrogen-bond donors (Lipinski definition) is 2. The molecule has 0 saturated carbocycles.